The van der Waals surface area contributed by atoms with Gasteiger partial charge in [-0.3, -0.25) is 4.98 Å². The van der Waals surface area contributed by atoms with Crippen molar-refractivity contribution in [1.29, 1.82) is 0 Å². The molecule has 0 aliphatic carbocycles. The predicted molar refractivity (Wildman–Crippen MR) is 81.3 cm³/mol. The van der Waals surface area contributed by atoms with Gasteiger partial charge in [0.05, 0.1) is 0 Å². The van der Waals surface area contributed by atoms with E-state index in [1.807, 2.05) is 13.0 Å². The van der Waals surface area contributed by atoms with E-state index < -0.39 is 10.0 Å². The van der Waals surface area contributed by atoms with E-state index in [1.165, 1.54) is 6.07 Å². The fourth-order valence-corrected chi connectivity index (χ4v) is 2.89. The first kappa shape index (κ1) is 15.4. The van der Waals surface area contributed by atoms with Crippen molar-refractivity contribution in [3.63, 3.8) is 0 Å². The molecule has 2 heterocycles. The maximum Gasteiger partial charge on any atom is 0.244 e. The lowest BCUT2D eigenvalue weighted by Crippen LogP contribution is -2.24. The van der Waals surface area contributed by atoms with E-state index in [2.05, 4.69) is 20.0 Å². The Kier molecular flexibility index (Phi) is 5.24. The summed E-state index contributed by atoms with van der Waals surface area (Å²) < 4.78 is 27.3. The minimum Gasteiger partial charge on any atom is -0.369 e. The molecule has 7 heteroatoms. The molecular formula is C14H18N4O2S. The Bertz CT molecular complexity index is 674. The summed E-state index contributed by atoms with van der Waals surface area (Å²) in [5.41, 5.74) is 0.799. The molecule has 0 fully saturated rings. The number of nitrogens with zero attached hydrogens (tertiary/aromatic N) is 2. The summed E-state index contributed by atoms with van der Waals surface area (Å²) in [6.07, 6.45) is 5.73. The van der Waals surface area contributed by atoms with Crippen LogP contribution in [-0.2, 0) is 16.6 Å². The average molecular weight is 306 g/mol. The van der Waals surface area contributed by atoms with Crippen LogP contribution in [0.2, 0.25) is 0 Å². The van der Waals surface area contributed by atoms with Crippen LogP contribution in [-0.4, -0.2) is 24.9 Å². The van der Waals surface area contributed by atoms with Gasteiger partial charge >= 0.3 is 0 Å². The minimum atomic E-state index is -3.62. The summed E-state index contributed by atoms with van der Waals surface area (Å²) in [6, 6.07) is 6.73. The van der Waals surface area contributed by atoms with Crippen LogP contribution in [0.3, 0.4) is 0 Å². The van der Waals surface area contributed by atoms with E-state index in [1.54, 1.807) is 30.7 Å². The molecule has 0 radical (unpaired) electrons. The summed E-state index contributed by atoms with van der Waals surface area (Å²) >= 11 is 0. The van der Waals surface area contributed by atoms with Crippen molar-refractivity contribution in [2.24, 2.45) is 0 Å². The van der Waals surface area contributed by atoms with Crippen molar-refractivity contribution in [3.8, 4) is 0 Å². The van der Waals surface area contributed by atoms with Crippen LogP contribution in [0.1, 0.15) is 18.9 Å². The van der Waals surface area contributed by atoms with Gasteiger partial charge in [0.1, 0.15) is 10.7 Å². The molecule has 0 saturated carbocycles. The number of hydrogen-bond acceptors (Lipinski definition) is 5. The monoisotopic (exact) mass is 306 g/mol. The molecule has 0 unspecified atom stereocenters. The first-order chi connectivity index (χ1) is 10.1. The molecule has 21 heavy (non-hydrogen) atoms. The topological polar surface area (TPSA) is 84.0 Å². The zero-order valence-corrected chi connectivity index (χ0v) is 12.6. The number of nitrogens with one attached hydrogen (secondary N) is 2. The van der Waals surface area contributed by atoms with E-state index in [9.17, 15) is 8.42 Å². The molecule has 0 saturated heterocycles. The highest BCUT2D eigenvalue weighted by Gasteiger charge is 2.18. The maximum absolute atomic E-state index is 12.4. The van der Waals surface area contributed by atoms with Gasteiger partial charge in [0.2, 0.25) is 10.0 Å². The standard InChI is InChI=1S/C14H18N4O2S/c1-2-7-16-14-13(6-4-9-17-14)21(19,20)18-11-12-5-3-8-15-10-12/h3-6,8-10,18H,2,7,11H2,1H3,(H,16,17). The van der Waals surface area contributed by atoms with E-state index in [4.69, 9.17) is 0 Å². The molecule has 0 amide bonds. The summed E-state index contributed by atoms with van der Waals surface area (Å²) in [5, 5.41) is 3.02. The lowest BCUT2D eigenvalue weighted by atomic mass is 10.3. The highest BCUT2D eigenvalue weighted by molar-refractivity contribution is 7.89. The van der Waals surface area contributed by atoms with Crippen LogP contribution in [0.4, 0.5) is 5.82 Å². The molecule has 2 aromatic heterocycles. The van der Waals surface area contributed by atoms with Gasteiger partial charge in [-0.2, -0.15) is 0 Å². The Hall–Kier alpha value is -1.99. The third kappa shape index (κ3) is 4.24. The van der Waals surface area contributed by atoms with Gasteiger partial charge in [0.25, 0.3) is 0 Å². The van der Waals surface area contributed by atoms with Crippen LogP contribution in [0.25, 0.3) is 0 Å². The molecule has 0 spiro atoms. The van der Waals surface area contributed by atoms with E-state index in [0.717, 1.165) is 12.0 Å². The Morgan fingerprint density at radius 1 is 1.19 bits per heavy atom. The lowest BCUT2D eigenvalue weighted by molar-refractivity contribution is 0.581. The molecule has 2 aromatic rings. The van der Waals surface area contributed by atoms with Gasteiger partial charge in [-0.05, 0) is 30.2 Å². The number of anilines is 1. The highest BCUT2D eigenvalue weighted by atomic mass is 32.2. The van der Waals surface area contributed by atoms with Crippen LogP contribution in [0, 0.1) is 0 Å². The Balaban J connectivity index is 2.15. The van der Waals surface area contributed by atoms with E-state index in [0.29, 0.717) is 12.4 Å². The fourth-order valence-electron chi connectivity index (χ4n) is 1.74. The van der Waals surface area contributed by atoms with Crippen LogP contribution < -0.4 is 10.0 Å². The third-order valence-electron chi connectivity index (χ3n) is 2.79. The van der Waals surface area contributed by atoms with E-state index >= 15 is 0 Å². The molecule has 0 atom stereocenters. The van der Waals surface area contributed by atoms with Crippen molar-refractivity contribution in [2.75, 3.05) is 11.9 Å². The average Bonchev–Trinajstić information content (AvgIpc) is 2.52. The van der Waals surface area contributed by atoms with Gasteiger partial charge in [-0.1, -0.05) is 13.0 Å². The van der Waals surface area contributed by atoms with Crippen molar-refractivity contribution in [1.82, 2.24) is 14.7 Å². The summed E-state index contributed by atoms with van der Waals surface area (Å²) in [5.74, 6) is 0.373. The van der Waals surface area contributed by atoms with Crippen molar-refractivity contribution >= 4 is 15.8 Å². The van der Waals surface area contributed by atoms with Gasteiger partial charge < -0.3 is 5.32 Å². The molecule has 2 rings (SSSR count). The third-order valence-corrected chi connectivity index (χ3v) is 4.22. The second kappa shape index (κ2) is 7.14. The SMILES string of the molecule is CCCNc1ncccc1S(=O)(=O)NCc1cccnc1. The Labute approximate surface area is 124 Å². The molecule has 0 bridgehead atoms. The van der Waals surface area contributed by atoms with Gasteiger partial charge in [0.15, 0.2) is 0 Å². The quantitative estimate of drug-likeness (QED) is 0.814. The first-order valence-electron chi connectivity index (χ1n) is 6.71. The number of pyridine rings is 2. The molecule has 2 N–H and O–H groups in total. The Morgan fingerprint density at radius 3 is 2.71 bits per heavy atom. The summed E-state index contributed by atoms with van der Waals surface area (Å²) in [7, 11) is -3.62. The molecule has 0 aliphatic rings. The van der Waals surface area contributed by atoms with Crippen LogP contribution in [0.5, 0.6) is 0 Å². The van der Waals surface area contributed by atoms with Gasteiger partial charge in [-0.15, -0.1) is 0 Å². The zero-order valence-electron chi connectivity index (χ0n) is 11.8. The molecule has 0 aromatic carbocycles. The zero-order chi connectivity index (χ0) is 15.1. The Morgan fingerprint density at radius 2 is 2.00 bits per heavy atom. The van der Waals surface area contributed by atoms with Crippen LogP contribution >= 0.6 is 0 Å². The first-order valence-corrected chi connectivity index (χ1v) is 8.19. The maximum atomic E-state index is 12.4. The molecule has 112 valence electrons. The number of rotatable bonds is 7. The van der Waals surface area contributed by atoms with Gasteiger partial charge in [-0.25, -0.2) is 18.1 Å². The van der Waals surface area contributed by atoms with Crippen molar-refractivity contribution in [2.45, 2.75) is 24.8 Å². The fraction of sp³-hybridized carbons (Fsp3) is 0.286. The normalized spacial score (nSPS) is 11.3. The molecule has 6 nitrogen and oxygen atoms in total. The van der Waals surface area contributed by atoms with E-state index in [-0.39, 0.29) is 11.4 Å². The predicted octanol–water partition coefficient (Wildman–Crippen LogP) is 1.78. The second-order valence-electron chi connectivity index (χ2n) is 4.46. The van der Waals surface area contributed by atoms with Crippen molar-refractivity contribution in [3.05, 3.63) is 48.4 Å². The smallest absolute Gasteiger partial charge is 0.244 e. The minimum absolute atomic E-state index is 0.155. The number of aromatic nitrogens is 2. The van der Waals surface area contributed by atoms with Gasteiger partial charge in [0, 0.05) is 31.7 Å². The second-order valence-corrected chi connectivity index (χ2v) is 6.20. The largest absolute Gasteiger partial charge is 0.369 e. The summed E-state index contributed by atoms with van der Waals surface area (Å²) in [6.45, 7) is 2.87. The van der Waals surface area contributed by atoms with Crippen LogP contribution in [0.15, 0.2) is 47.8 Å². The number of sulfonamides is 1. The highest BCUT2D eigenvalue weighted by Crippen LogP contribution is 2.18. The number of hydrogen-bond donors (Lipinski definition) is 2. The van der Waals surface area contributed by atoms with Crippen molar-refractivity contribution < 1.29 is 8.42 Å². The summed E-state index contributed by atoms with van der Waals surface area (Å²) in [4.78, 5) is 8.21. The molecular weight excluding hydrogens is 288 g/mol. The lowest BCUT2D eigenvalue weighted by Gasteiger charge is -2.11. The molecule has 0 aliphatic heterocycles.